The molecular formula is C20H32N4O3S. The number of amides is 1. The maximum atomic E-state index is 12.7. The van der Waals surface area contributed by atoms with Crippen LogP contribution in [0.1, 0.15) is 36.0 Å². The third-order valence-corrected chi connectivity index (χ3v) is 7.48. The summed E-state index contributed by atoms with van der Waals surface area (Å²) < 4.78 is 26.8. The van der Waals surface area contributed by atoms with E-state index in [0.717, 1.165) is 58.4 Å². The van der Waals surface area contributed by atoms with Crippen molar-refractivity contribution in [2.75, 3.05) is 59.4 Å². The second kappa shape index (κ2) is 9.82. The van der Waals surface area contributed by atoms with E-state index in [0.29, 0.717) is 25.2 Å². The number of sulfonamides is 1. The highest BCUT2D eigenvalue weighted by Crippen LogP contribution is 2.21. The van der Waals surface area contributed by atoms with E-state index in [1.54, 1.807) is 18.2 Å². The molecule has 0 radical (unpaired) electrons. The largest absolute Gasteiger partial charge is 0.352 e. The van der Waals surface area contributed by atoms with Crippen LogP contribution < -0.4 is 5.32 Å². The lowest BCUT2D eigenvalue weighted by Crippen LogP contribution is -2.44. The predicted molar refractivity (Wildman–Crippen MR) is 110 cm³/mol. The van der Waals surface area contributed by atoms with Gasteiger partial charge in [-0.25, -0.2) is 8.42 Å². The molecule has 8 heteroatoms. The minimum atomic E-state index is -3.50. The summed E-state index contributed by atoms with van der Waals surface area (Å²) in [6.07, 6.45) is 3.76. The van der Waals surface area contributed by atoms with Gasteiger partial charge in [0.15, 0.2) is 0 Å². The van der Waals surface area contributed by atoms with Gasteiger partial charge in [0.1, 0.15) is 0 Å². The highest BCUT2D eigenvalue weighted by Gasteiger charge is 2.27. The monoisotopic (exact) mass is 408 g/mol. The van der Waals surface area contributed by atoms with Crippen LogP contribution >= 0.6 is 0 Å². The second-order valence-corrected chi connectivity index (χ2v) is 9.68. The van der Waals surface area contributed by atoms with E-state index < -0.39 is 10.0 Å². The molecule has 0 atom stereocenters. The molecular weight excluding hydrogens is 376 g/mol. The van der Waals surface area contributed by atoms with E-state index in [9.17, 15) is 13.2 Å². The first-order valence-electron chi connectivity index (χ1n) is 10.3. The van der Waals surface area contributed by atoms with E-state index in [-0.39, 0.29) is 10.8 Å². The summed E-state index contributed by atoms with van der Waals surface area (Å²) in [4.78, 5) is 17.4. The van der Waals surface area contributed by atoms with Crippen LogP contribution in [0.3, 0.4) is 0 Å². The molecule has 2 fully saturated rings. The van der Waals surface area contributed by atoms with Crippen LogP contribution in [0.4, 0.5) is 0 Å². The number of hydrogen-bond acceptors (Lipinski definition) is 5. The summed E-state index contributed by atoms with van der Waals surface area (Å²) in [6.45, 7) is 7.25. The molecule has 1 amide bonds. The molecule has 1 aromatic carbocycles. The van der Waals surface area contributed by atoms with Crippen molar-refractivity contribution in [1.29, 1.82) is 0 Å². The van der Waals surface area contributed by atoms with Gasteiger partial charge < -0.3 is 15.1 Å². The molecule has 3 rings (SSSR count). The highest BCUT2D eigenvalue weighted by atomic mass is 32.2. The number of piperazine rings is 1. The van der Waals surface area contributed by atoms with Crippen LogP contribution in [0.25, 0.3) is 0 Å². The van der Waals surface area contributed by atoms with Gasteiger partial charge in [0.25, 0.3) is 5.91 Å². The Kier molecular flexibility index (Phi) is 7.45. The molecule has 0 aromatic heterocycles. The zero-order valence-electron chi connectivity index (χ0n) is 16.8. The van der Waals surface area contributed by atoms with Crippen LogP contribution in [-0.4, -0.2) is 87.8 Å². The average Bonchev–Trinajstić information content (AvgIpc) is 3.25. The van der Waals surface area contributed by atoms with Gasteiger partial charge >= 0.3 is 0 Å². The van der Waals surface area contributed by atoms with Gasteiger partial charge in [-0.2, -0.15) is 4.31 Å². The summed E-state index contributed by atoms with van der Waals surface area (Å²) in [5, 5.41) is 2.92. The van der Waals surface area contributed by atoms with Gasteiger partial charge in [-0.05, 0) is 57.5 Å². The highest BCUT2D eigenvalue weighted by molar-refractivity contribution is 7.89. The molecule has 2 aliphatic rings. The van der Waals surface area contributed by atoms with E-state index >= 15 is 0 Å². The molecule has 7 nitrogen and oxygen atoms in total. The minimum absolute atomic E-state index is 0.206. The number of nitrogens with one attached hydrogen (secondary N) is 1. The van der Waals surface area contributed by atoms with Crippen molar-refractivity contribution >= 4 is 15.9 Å². The zero-order valence-corrected chi connectivity index (χ0v) is 17.6. The standard InChI is InChI=1S/C20H32N4O3S/c1-22-13-15-23(16-14-22)10-3-2-9-21-20(25)18-7-6-8-19(17-18)28(26,27)24-11-4-5-12-24/h6-8,17H,2-5,9-16H2,1H3,(H,21,25). The maximum Gasteiger partial charge on any atom is 0.251 e. The SMILES string of the molecule is CN1CCN(CCCCNC(=O)c2cccc(S(=O)(=O)N3CCCC3)c2)CC1. The summed E-state index contributed by atoms with van der Waals surface area (Å²) >= 11 is 0. The topological polar surface area (TPSA) is 73.0 Å². The Balaban J connectivity index is 1.44. The van der Waals surface area contributed by atoms with Crippen molar-refractivity contribution in [3.63, 3.8) is 0 Å². The Bertz CT molecular complexity index is 754. The van der Waals surface area contributed by atoms with E-state index in [1.807, 2.05) is 0 Å². The molecule has 1 aromatic rings. The number of unbranched alkanes of at least 4 members (excludes halogenated alkanes) is 1. The van der Waals surface area contributed by atoms with Gasteiger partial charge in [0.2, 0.25) is 10.0 Å². The molecule has 0 bridgehead atoms. The third-order valence-electron chi connectivity index (χ3n) is 5.58. The summed E-state index contributed by atoms with van der Waals surface area (Å²) in [6, 6.07) is 6.38. The van der Waals surface area contributed by atoms with Crippen molar-refractivity contribution < 1.29 is 13.2 Å². The number of carbonyl (C=O) groups excluding carboxylic acids is 1. The van der Waals surface area contributed by atoms with Crippen molar-refractivity contribution in [3.05, 3.63) is 29.8 Å². The normalized spacial score (nSPS) is 19.8. The number of benzene rings is 1. The first-order chi connectivity index (χ1) is 13.5. The zero-order chi connectivity index (χ0) is 20.0. The lowest BCUT2D eigenvalue weighted by atomic mass is 10.2. The minimum Gasteiger partial charge on any atom is -0.352 e. The molecule has 0 unspecified atom stereocenters. The van der Waals surface area contributed by atoms with Crippen molar-refractivity contribution in [1.82, 2.24) is 19.4 Å². The Hall–Kier alpha value is -1.48. The molecule has 0 saturated carbocycles. The number of likely N-dealkylation sites (N-methyl/N-ethyl adjacent to an activating group) is 1. The maximum absolute atomic E-state index is 12.7. The molecule has 0 aliphatic carbocycles. The fourth-order valence-electron chi connectivity index (χ4n) is 3.71. The smallest absolute Gasteiger partial charge is 0.251 e. The van der Waals surface area contributed by atoms with Crippen LogP contribution in [0.15, 0.2) is 29.2 Å². The van der Waals surface area contributed by atoms with E-state index in [4.69, 9.17) is 0 Å². The van der Waals surface area contributed by atoms with Crippen molar-refractivity contribution in [2.45, 2.75) is 30.6 Å². The van der Waals surface area contributed by atoms with Crippen LogP contribution in [-0.2, 0) is 10.0 Å². The van der Waals surface area contributed by atoms with Gasteiger partial charge in [-0.1, -0.05) is 6.07 Å². The number of carbonyl (C=O) groups is 1. The number of rotatable bonds is 8. The van der Waals surface area contributed by atoms with Crippen molar-refractivity contribution in [2.24, 2.45) is 0 Å². The molecule has 28 heavy (non-hydrogen) atoms. The van der Waals surface area contributed by atoms with E-state index in [1.165, 1.54) is 10.4 Å². The van der Waals surface area contributed by atoms with Crippen LogP contribution in [0, 0.1) is 0 Å². The number of nitrogens with zero attached hydrogens (tertiary/aromatic N) is 3. The second-order valence-electron chi connectivity index (χ2n) is 7.75. The summed E-state index contributed by atoms with van der Waals surface area (Å²) in [5.41, 5.74) is 0.402. The Morgan fingerprint density at radius 3 is 2.46 bits per heavy atom. The van der Waals surface area contributed by atoms with Crippen LogP contribution in [0.5, 0.6) is 0 Å². The molecule has 156 valence electrons. The summed E-state index contributed by atoms with van der Waals surface area (Å²) in [7, 11) is -1.34. The first kappa shape index (κ1) is 21.2. The van der Waals surface area contributed by atoms with Crippen molar-refractivity contribution in [3.8, 4) is 0 Å². The lowest BCUT2D eigenvalue weighted by Gasteiger charge is -2.32. The average molecular weight is 409 g/mol. The van der Waals surface area contributed by atoms with Gasteiger partial charge in [0.05, 0.1) is 4.90 Å². The quantitative estimate of drug-likeness (QED) is 0.655. The van der Waals surface area contributed by atoms with Crippen LogP contribution in [0.2, 0.25) is 0 Å². The fraction of sp³-hybridized carbons (Fsp3) is 0.650. The Morgan fingerprint density at radius 1 is 1.04 bits per heavy atom. The van der Waals surface area contributed by atoms with Gasteiger partial charge in [-0.15, -0.1) is 0 Å². The third kappa shape index (κ3) is 5.53. The summed E-state index contributed by atoms with van der Waals surface area (Å²) in [5.74, 6) is -0.210. The molecule has 2 saturated heterocycles. The van der Waals surface area contributed by atoms with Gasteiger partial charge in [-0.3, -0.25) is 4.79 Å². The van der Waals surface area contributed by atoms with E-state index in [2.05, 4.69) is 22.2 Å². The first-order valence-corrected chi connectivity index (χ1v) is 11.7. The molecule has 2 heterocycles. The molecule has 0 spiro atoms. The Labute approximate surface area is 168 Å². The predicted octanol–water partition coefficient (Wildman–Crippen LogP) is 1.23. The number of hydrogen-bond donors (Lipinski definition) is 1. The lowest BCUT2D eigenvalue weighted by molar-refractivity contribution is 0.0951. The fourth-order valence-corrected chi connectivity index (χ4v) is 5.27. The molecule has 1 N–H and O–H groups in total. The Morgan fingerprint density at radius 2 is 1.75 bits per heavy atom. The molecule has 2 aliphatic heterocycles. The van der Waals surface area contributed by atoms with Gasteiger partial charge in [0, 0.05) is 51.4 Å².